The number of halogens is 3. The van der Waals surface area contributed by atoms with E-state index in [1.807, 2.05) is 0 Å². The Hall–Kier alpha value is -1.60. The van der Waals surface area contributed by atoms with Crippen LogP contribution in [0.4, 0.5) is 8.78 Å². The van der Waals surface area contributed by atoms with Crippen molar-refractivity contribution in [2.45, 2.75) is 25.8 Å². The van der Waals surface area contributed by atoms with E-state index in [1.54, 1.807) is 6.92 Å². The van der Waals surface area contributed by atoms with E-state index in [2.05, 4.69) is 4.74 Å². The Labute approximate surface area is 127 Å². The number of aromatic hydroxyl groups is 1. The number of esters is 1. The molecule has 1 aromatic rings. The Kier molecular flexibility index (Phi) is 7.38. The minimum atomic E-state index is -3.95. The third-order valence-corrected chi connectivity index (χ3v) is 2.60. The molecule has 120 valence electrons. The van der Waals surface area contributed by atoms with Crippen LogP contribution in [0.2, 0.25) is 0 Å². The zero-order valence-electron chi connectivity index (χ0n) is 11.6. The molecule has 0 amide bonds. The van der Waals surface area contributed by atoms with Gasteiger partial charge < -0.3 is 20.3 Å². The highest BCUT2D eigenvalue weighted by molar-refractivity contribution is 5.85. The summed E-state index contributed by atoms with van der Waals surface area (Å²) >= 11 is 0. The Bertz CT molecular complexity index is 485. The van der Waals surface area contributed by atoms with Crippen molar-refractivity contribution in [2.24, 2.45) is 5.73 Å². The first-order valence-electron chi connectivity index (χ1n) is 6.11. The maximum atomic E-state index is 13.8. The summed E-state index contributed by atoms with van der Waals surface area (Å²) in [7, 11) is 0. The first-order valence-corrected chi connectivity index (χ1v) is 6.11. The molecule has 1 rings (SSSR count). The highest BCUT2D eigenvalue weighted by atomic mass is 35.5. The van der Waals surface area contributed by atoms with E-state index < -0.39 is 23.7 Å². The molecule has 0 aliphatic heterocycles. The maximum absolute atomic E-state index is 13.8. The number of nitrogens with two attached hydrogens (primary N) is 1. The van der Waals surface area contributed by atoms with Crippen LogP contribution in [0.15, 0.2) is 18.2 Å². The lowest BCUT2D eigenvalue weighted by atomic mass is 10.00. The second kappa shape index (κ2) is 7.99. The minimum Gasteiger partial charge on any atom is -0.504 e. The molecule has 0 fully saturated rings. The van der Waals surface area contributed by atoms with Gasteiger partial charge in [0, 0.05) is 5.56 Å². The van der Waals surface area contributed by atoms with Gasteiger partial charge in [-0.15, -0.1) is 12.4 Å². The summed E-state index contributed by atoms with van der Waals surface area (Å²) in [6.45, 7) is 3.15. The van der Waals surface area contributed by atoms with Crippen LogP contribution in [0.1, 0.15) is 25.5 Å². The molecule has 0 aliphatic carbocycles. The van der Waals surface area contributed by atoms with Gasteiger partial charge >= 0.3 is 11.9 Å². The molecule has 5 nitrogen and oxygen atoms in total. The number of carbonyl (C=O) groups is 1. The van der Waals surface area contributed by atoms with Gasteiger partial charge in [-0.25, -0.2) is 4.79 Å². The minimum absolute atomic E-state index is 0. The lowest BCUT2D eigenvalue weighted by Gasteiger charge is -2.23. The summed E-state index contributed by atoms with van der Waals surface area (Å²) < 4.78 is 37.0. The van der Waals surface area contributed by atoms with Crippen molar-refractivity contribution < 1.29 is 28.2 Å². The van der Waals surface area contributed by atoms with Crippen LogP contribution in [0.3, 0.4) is 0 Å². The van der Waals surface area contributed by atoms with Crippen LogP contribution in [0.5, 0.6) is 11.5 Å². The van der Waals surface area contributed by atoms with E-state index in [9.17, 15) is 18.7 Å². The van der Waals surface area contributed by atoms with Gasteiger partial charge in [0.1, 0.15) is 6.04 Å². The van der Waals surface area contributed by atoms with Gasteiger partial charge in [-0.3, -0.25) is 0 Å². The molecular formula is C13H18ClF2NO4. The third-order valence-electron chi connectivity index (χ3n) is 2.60. The van der Waals surface area contributed by atoms with E-state index >= 15 is 0 Å². The average Bonchev–Trinajstić information content (AvgIpc) is 2.41. The number of carbonyl (C=O) groups excluding carboxylic acids is 1. The van der Waals surface area contributed by atoms with Crippen LogP contribution in [0.25, 0.3) is 0 Å². The smallest absolute Gasteiger partial charge is 0.379 e. The number of phenolic OH excluding ortho intramolecular Hbond substituents is 1. The largest absolute Gasteiger partial charge is 0.504 e. The molecular weight excluding hydrogens is 308 g/mol. The highest BCUT2D eigenvalue weighted by Gasteiger charge is 2.48. The Morgan fingerprint density at radius 2 is 2.00 bits per heavy atom. The van der Waals surface area contributed by atoms with Gasteiger partial charge in [-0.1, -0.05) is 12.1 Å². The number of benzene rings is 1. The molecule has 1 atom stereocenters. The molecule has 0 unspecified atom stereocenters. The van der Waals surface area contributed by atoms with Crippen LogP contribution >= 0.6 is 12.4 Å². The molecule has 21 heavy (non-hydrogen) atoms. The number of rotatable bonds is 6. The Balaban J connectivity index is 0.00000400. The molecule has 0 bridgehead atoms. The Morgan fingerprint density at radius 1 is 1.38 bits per heavy atom. The van der Waals surface area contributed by atoms with E-state index in [4.69, 9.17) is 10.5 Å². The zero-order chi connectivity index (χ0) is 15.3. The highest BCUT2D eigenvalue weighted by Crippen LogP contribution is 2.39. The van der Waals surface area contributed by atoms with E-state index in [0.29, 0.717) is 0 Å². The van der Waals surface area contributed by atoms with E-state index in [0.717, 1.165) is 0 Å². The number of ether oxygens (including phenoxy) is 2. The molecule has 0 saturated carbocycles. The zero-order valence-corrected chi connectivity index (χ0v) is 12.5. The first kappa shape index (κ1) is 19.4. The number of alkyl halides is 2. The summed E-state index contributed by atoms with van der Waals surface area (Å²) in [6.07, 6.45) is 0. The SMILES string of the molecule is CCOC(=O)C(F)(F)[C@@H](N)c1cccc(OCC)c1O.Cl. The lowest BCUT2D eigenvalue weighted by molar-refractivity contribution is -0.174. The summed E-state index contributed by atoms with van der Waals surface area (Å²) in [5, 5.41) is 9.87. The number of hydrogen-bond donors (Lipinski definition) is 2. The van der Waals surface area contributed by atoms with E-state index in [-0.39, 0.29) is 36.9 Å². The predicted octanol–water partition coefficient (Wildman–Crippen LogP) is 2.41. The summed E-state index contributed by atoms with van der Waals surface area (Å²) in [4.78, 5) is 11.2. The number of para-hydroxylation sites is 1. The third kappa shape index (κ3) is 4.18. The van der Waals surface area contributed by atoms with Crippen molar-refractivity contribution in [3.05, 3.63) is 23.8 Å². The van der Waals surface area contributed by atoms with Crippen molar-refractivity contribution in [3.63, 3.8) is 0 Å². The molecule has 0 saturated heterocycles. The number of hydrogen-bond acceptors (Lipinski definition) is 5. The quantitative estimate of drug-likeness (QED) is 0.785. The van der Waals surface area contributed by atoms with Gasteiger partial charge in [-0.2, -0.15) is 8.78 Å². The van der Waals surface area contributed by atoms with Crippen LogP contribution in [-0.4, -0.2) is 30.2 Å². The first-order chi connectivity index (χ1) is 9.36. The second-order valence-corrected chi connectivity index (χ2v) is 3.95. The molecule has 1 aromatic carbocycles. The lowest BCUT2D eigenvalue weighted by Crippen LogP contribution is -2.41. The number of phenols is 1. The fourth-order valence-corrected chi connectivity index (χ4v) is 1.61. The van der Waals surface area contributed by atoms with Crippen molar-refractivity contribution in [1.29, 1.82) is 0 Å². The van der Waals surface area contributed by atoms with Crippen LogP contribution in [-0.2, 0) is 9.53 Å². The molecule has 0 aliphatic rings. The van der Waals surface area contributed by atoms with Crippen molar-refractivity contribution >= 4 is 18.4 Å². The normalized spacial score (nSPS) is 12.2. The monoisotopic (exact) mass is 325 g/mol. The summed E-state index contributed by atoms with van der Waals surface area (Å²) in [5.74, 6) is -6.15. The standard InChI is InChI=1S/C13H17F2NO4.ClH/c1-3-19-9-7-5-6-8(10(9)17)11(16)13(14,15)12(18)20-4-2;/h5-7,11,17H,3-4,16H2,1-2H3;1H/t11-;/m0./s1. The van der Waals surface area contributed by atoms with Gasteiger partial charge in [-0.05, 0) is 19.9 Å². The fraction of sp³-hybridized carbons (Fsp3) is 0.462. The van der Waals surface area contributed by atoms with E-state index in [1.165, 1.54) is 25.1 Å². The summed E-state index contributed by atoms with van der Waals surface area (Å²) in [5.41, 5.74) is 5.12. The van der Waals surface area contributed by atoms with Gasteiger partial charge in [0.15, 0.2) is 11.5 Å². The van der Waals surface area contributed by atoms with Crippen molar-refractivity contribution in [3.8, 4) is 11.5 Å². The van der Waals surface area contributed by atoms with Crippen molar-refractivity contribution in [1.82, 2.24) is 0 Å². The second-order valence-electron chi connectivity index (χ2n) is 3.95. The molecule has 0 heterocycles. The topological polar surface area (TPSA) is 81.8 Å². The average molecular weight is 326 g/mol. The predicted molar refractivity (Wildman–Crippen MR) is 75.0 cm³/mol. The van der Waals surface area contributed by atoms with Crippen molar-refractivity contribution in [2.75, 3.05) is 13.2 Å². The van der Waals surface area contributed by atoms with Gasteiger partial charge in [0.25, 0.3) is 0 Å². The molecule has 0 spiro atoms. The molecule has 0 radical (unpaired) electrons. The fourth-order valence-electron chi connectivity index (χ4n) is 1.61. The van der Waals surface area contributed by atoms with Gasteiger partial charge in [0.2, 0.25) is 0 Å². The maximum Gasteiger partial charge on any atom is 0.379 e. The molecule has 3 N–H and O–H groups in total. The summed E-state index contributed by atoms with van der Waals surface area (Å²) in [6, 6.07) is 2.00. The molecule has 0 aromatic heterocycles. The Morgan fingerprint density at radius 3 is 2.52 bits per heavy atom. The van der Waals surface area contributed by atoms with Crippen LogP contribution in [0, 0.1) is 0 Å². The van der Waals surface area contributed by atoms with Crippen LogP contribution < -0.4 is 10.5 Å². The van der Waals surface area contributed by atoms with Gasteiger partial charge in [0.05, 0.1) is 13.2 Å². The molecule has 8 heteroatoms.